The third-order valence-corrected chi connectivity index (χ3v) is 2.00. The van der Waals surface area contributed by atoms with Crippen molar-refractivity contribution in [2.75, 3.05) is 0 Å². The molecular weight excluding hydrogens is 180 g/mol. The van der Waals surface area contributed by atoms with Crippen LogP contribution in [0.1, 0.15) is 21.8 Å². The van der Waals surface area contributed by atoms with E-state index in [-0.39, 0.29) is 5.78 Å². The van der Waals surface area contributed by atoms with Crippen LogP contribution >= 0.6 is 0 Å². The SMILES string of the molecule is Cc1nn(C)cc1C(=O)c1ccco1. The average molecular weight is 190 g/mol. The van der Waals surface area contributed by atoms with E-state index in [1.165, 1.54) is 6.26 Å². The molecule has 0 spiro atoms. The molecule has 72 valence electrons. The van der Waals surface area contributed by atoms with Gasteiger partial charge in [-0.1, -0.05) is 0 Å². The second-order valence-electron chi connectivity index (χ2n) is 3.11. The maximum atomic E-state index is 11.8. The van der Waals surface area contributed by atoms with E-state index in [1.807, 2.05) is 0 Å². The van der Waals surface area contributed by atoms with Gasteiger partial charge in [-0.05, 0) is 19.1 Å². The Morgan fingerprint density at radius 1 is 1.57 bits per heavy atom. The van der Waals surface area contributed by atoms with Gasteiger partial charge in [0.25, 0.3) is 0 Å². The summed E-state index contributed by atoms with van der Waals surface area (Å²) in [6, 6.07) is 3.34. The van der Waals surface area contributed by atoms with Gasteiger partial charge < -0.3 is 4.42 Å². The topological polar surface area (TPSA) is 48.0 Å². The van der Waals surface area contributed by atoms with Crippen LogP contribution in [0.25, 0.3) is 0 Å². The minimum Gasteiger partial charge on any atom is -0.461 e. The van der Waals surface area contributed by atoms with Gasteiger partial charge in [0.1, 0.15) is 0 Å². The molecule has 0 aliphatic carbocycles. The van der Waals surface area contributed by atoms with Gasteiger partial charge in [0.05, 0.1) is 17.5 Å². The zero-order chi connectivity index (χ0) is 10.1. The molecule has 14 heavy (non-hydrogen) atoms. The lowest BCUT2D eigenvalue weighted by Crippen LogP contribution is -1.99. The maximum Gasteiger partial charge on any atom is 0.231 e. The molecule has 0 saturated carbocycles. The number of carbonyl (C=O) groups is 1. The summed E-state index contributed by atoms with van der Waals surface area (Å²) in [6.07, 6.45) is 3.18. The van der Waals surface area contributed by atoms with Crippen molar-refractivity contribution in [3.63, 3.8) is 0 Å². The predicted octanol–water partition coefficient (Wildman–Crippen LogP) is 1.55. The van der Waals surface area contributed by atoms with Gasteiger partial charge in [-0.15, -0.1) is 0 Å². The molecule has 2 heterocycles. The first kappa shape index (κ1) is 8.74. The lowest BCUT2D eigenvalue weighted by atomic mass is 10.1. The summed E-state index contributed by atoms with van der Waals surface area (Å²) in [5.41, 5.74) is 1.30. The number of carbonyl (C=O) groups excluding carboxylic acids is 1. The molecule has 2 rings (SSSR count). The minimum atomic E-state index is -0.124. The monoisotopic (exact) mass is 190 g/mol. The highest BCUT2D eigenvalue weighted by Crippen LogP contribution is 2.12. The molecule has 0 unspecified atom stereocenters. The highest BCUT2D eigenvalue weighted by atomic mass is 16.3. The summed E-state index contributed by atoms with van der Waals surface area (Å²) in [4.78, 5) is 11.8. The van der Waals surface area contributed by atoms with Crippen LogP contribution in [0.4, 0.5) is 0 Å². The van der Waals surface area contributed by atoms with Crippen LogP contribution in [0, 0.1) is 6.92 Å². The Kier molecular flexibility index (Phi) is 1.96. The van der Waals surface area contributed by atoms with Crippen LogP contribution in [0.3, 0.4) is 0 Å². The number of hydrogen-bond acceptors (Lipinski definition) is 3. The molecule has 0 aliphatic rings. The van der Waals surface area contributed by atoms with Crippen molar-refractivity contribution in [3.05, 3.63) is 41.6 Å². The quantitative estimate of drug-likeness (QED) is 0.675. The van der Waals surface area contributed by atoms with Gasteiger partial charge in [0.15, 0.2) is 5.76 Å². The number of aryl methyl sites for hydroxylation is 2. The van der Waals surface area contributed by atoms with Crippen LogP contribution < -0.4 is 0 Å². The Bertz CT molecular complexity index is 454. The molecule has 2 aromatic rings. The molecule has 0 fully saturated rings. The highest BCUT2D eigenvalue weighted by molar-refractivity contribution is 6.07. The van der Waals surface area contributed by atoms with E-state index < -0.39 is 0 Å². The molecule has 2 aromatic heterocycles. The number of nitrogens with zero attached hydrogens (tertiary/aromatic N) is 2. The van der Waals surface area contributed by atoms with E-state index in [9.17, 15) is 4.79 Å². The Balaban J connectivity index is 2.41. The highest BCUT2D eigenvalue weighted by Gasteiger charge is 2.16. The molecule has 0 aliphatic heterocycles. The van der Waals surface area contributed by atoms with Crippen LogP contribution in [-0.4, -0.2) is 15.6 Å². The molecule has 0 radical (unpaired) electrons. The van der Waals surface area contributed by atoms with Crippen molar-refractivity contribution in [2.24, 2.45) is 7.05 Å². The van der Waals surface area contributed by atoms with Gasteiger partial charge in [0, 0.05) is 13.2 Å². The molecule has 0 amide bonds. The third-order valence-electron chi connectivity index (χ3n) is 2.00. The Morgan fingerprint density at radius 3 is 2.86 bits per heavy atom. The molecule has 0 atom stereocenters. The first-order valence-electron chi connectivity index (χ1n) is 4.27. The van der Waals surface area contributed by atoms with E-state index >= 15 is 0 Å². The number of hydrogen-bond donors (Lipinski definition) is 0. The lowest BCUT2D eigenvalue weighted by molar-refractivity contribution is 0.101. The summed E-state index contributed by atoms with van der Waals surface area (Å²) in [5, 5.41) is 4.10. The fourth-order valence-electron chi connectivity index (χ4n) is 1.36. The van der Waals surface area contributed by atoms with E-state index in [0.29, 0.717) is 17.0 Å². The normalized spacial score (nSPS) is 10.4. The first-order valence-corrected chi connectivity index (χ1v) is 4.27. The predicted molar refractivity (Wildman–Crippen MR) is 50.1 cm³/mol. The van der Waals surface area contributed by atoms with Crippen LogP contribution in [0.15, 0.2) is 29.0 Å². The molecule has 0 bridgehead atoms. The summed E-state index contributed by atoms with van der Waals surface area (Å²) < 4.78 is 6.64. The van der Waals surface area contributed by atoms with E-state index in [2.05, 4.69) is 5.10 Å². The summed E-state index contributed by atoms with van der Waals surface area (Å²) >= 11 is 0. The van der Waals surface area contributed by atoms with E-state index in [1.54, 1.807) is 37.0 Å². The number of furan rings is 1. The molecular formula is C10H10N2O2. The molecule has 0 N–H and O–H groups in total. The van der Waals surface area contributed by atoms with Gasteiger partial charge in [0.2, 0.25) is 5.78 Å². The number of aromatic nitrogens is 2. The third kappa shape index (κ3) is 1.35. The Hall–Kier alpha value is -1.84. The summed E-state index contributed by atoms with van der Waals surface area (Å²) in [5.74, 6) is 0.224. The van der Waals surface area contributed by atoms with Crippen molar-refractivity contribution in [3.8, 4) is 0 Å². The van der Waals surface area contributed by atoms with Crippen molar-refractivity contribution in [1.29, 1.82) is 0 Å². The maximum absolute atomic E-state index is 11.8. The lowest BCUT2D eigenvalue weighted by Gasteiger charge is -1.92. The van der Waals surface area contributed by atoms with Gasteiger partial charge in [-0.3, -0.25) is 9.48 Å². The van der Waals surface area contributed by atoms with E-state index in [0.717, 1.165) is 0 Å². The molecule has 0 saturated heterocycles. The van der Waals surface area contributed by atoms with Gasteiger partial charge in [-0.25, -0.2) is 0 Å². The molecule has 4 heteroatoms. The average Bonchev–Trinajstić information content (AvgIpc) is 2.73. The van der Waals surface area contributed by atoms with Crippen LogP contribution in [0.5, 0.6) is 0 Å². The second-order valence-corrected chi connectivity index (χ2v) is 3.11. The Morgan fingerprint density at radius 2 is 2.36 bits per heavy atom. The van der Waals surface area contributed by atoms with Gasteiger partial charge >= 0.3 is 0 Å². The van der Waals surface area contributed by atoms with Crippen LogP contribution in [0.2, 0.25) is 0 Å². The van der Waals surface area contributed by atoms with Crippen molar-refractivity contribution in [1.82, 2.24) is 9.78 Å². The summed E-state index contributed by atoms with van der Waals surface area (Å²) in [7, 11) is 1.78. The minimum absolute atomic E-state index is 0.124. The first-order chi connectivity index (χ1) is 6.68. The standard InChI is InChI=1S/C10H10N2O2/c1-7-8(6-12(2)11-7)10(13)9-4-3-5-14-9/h3-6H,1-2H3. The number of ketones is 1. The molecule has 4 nitrogen and oxygen atoms in total. The largest absolute Gasteiger partial charge is 0.461 e. The smallest absolute Gasteiger partial charge is 0.231 e. The van der Waals surface area contributed by atoms with Crippen molar-refractivity contribution >= 4 is 5.78 Å². The zero-order valence-electron chi connectivity index (χ0n) is 8.02. The molecule has 0 aromatic carbocycles. The Labute approximate surface area is 81.1 Å². The fraction of sp³-hybridized carbons (Fsp3) is 0.200. The van der Waals surface area contributed by atoms with Crippen LogP contribution in [-0.2, 0) is 7.05 Å². The summed E-state index contributed by atoms with van der Waals surface area (Å²) in [6.45, 7) is 1.80. The fourth-order valence-corrected chi connectivity index (χ4v) is 1.36. The van der Waals surface area contributed by atoms with Crippen molar-refractivity contribution < 1.29 is 9.21 Å². The zero-order valence-corrected chi connectivity index (χ0v) is 8.02. The van der Waals surface area contributed by atoms with E-state index in [4.69, 9.17) is 4.42 Å². The van der Waals surface area contributed by atoms with Crippen molar-refractivity contribution in [2.45, 2.75) is 6.92 Å². The number of rotatable bonds is 2. The van der Waals surface area contributed by atoms with Gasteiger partial charge in [-0.2, -0.15) is 5.10 Å². The second kappa shape index (κ2) is 3.14.